The fraction of sp³-hybridized carbons (Fsp3) is 0.818. The van der Waals surface area contributed by atoms with Gasteiger partial charge in [0.25, 0.3) is 0 Å². The van der Waals surface area contributed by atoms with Crippen LogP contribution in [0.4, 0.5) is 0 Å². The summed E-state index contributed by atoms with van der Waals surface area (Å²) in [5, 5.41) is 8.34. The van der Waals surface area contributed by atoms with E-state index in [4.69, 9.17) is 5.26 Å². The highest BCUT2D eigenvalue weighted by Gasteiger charge is 2.19. The number of nitriles is 1. The van der Waals surface area contributed by atoms with Gasteiger partial charge in [0.05, 0.1) is 6.07 Å². The largest absolute Gasteiger partial charge is 0.342 e. The summed E-state index contributed by atoms with van der Waals surface area (Å²) in [7, 11) is 0. The Labute approximate surface area is 86.7 Å². The Bertz CT molecular complexity index is 208. The zero-order valence-electron chi connectivity index (χ0n) is 9.42. The van der Waals surface area contributed by atoms with Crippen molar-refractivity contribution in [1.82, 2.24) is 4.90 Å². The Morgan fingerprint density at radius 3 is 2.71 bits per heavy atom. The van der Waals surface area contributed by atoms with Gasteiger partial charge in [-0.2, -0.15) is 5.26 Å². The Balaban J connectivity index is 0.000000791. The lowest BCUT2D eigenvalue weighted by Crippen LogP contribution is -2.38. The molecule has 80 valence electrons. The second-order valence-corrected chi connectivity index (χ2v) is 3.42. The van der Waals surface area contributed by atoms with E-state index in [0.717, 1.165) is 19.5 Å². The van der Waals surface area contributed by atoms with Crippen LogP contribution in [0.15, 0.2) is 0 Å². The van der Waals surface area contributed by atoms with E-state index in [1.165, 1.54) is 6.42 Å². The number of likely N-dealkylation sites (tertiary alicyclic amines) is 1. The Morgan fingerprint density at radius 1 is 1.57 bits per heavy atom. The Morgan fingerprint density at radius 2 is 2.21 bits per heavy atom. The molecule has 1 fully saturated rings. The molecule has 1 rings (SSSR count). The fourth-order valence-electron chi connectivity index (χ4n) is 1.60. The maximum absolute atomic E-state index is 11.2. The molecule has 3 nitrogen and oxygen atoms in total. The van der Waals surface area contributed by atoms with Gasteiger partial charge in [0.15, 0.2) is 0 Å². The number of nitrogens with zero attached hydrogens (tertiary/aromatic N) is 2. The third kappa shape index (κ3) is 4.27. The van der Waals surface area contributed by atoms with Gasteiger partial charge < -0.3 is 4.90 Å². The molecular weight excluding hydrogens is 176 g/mol. The van der Waals surface area contributed by atoms with Gasteiger partial charge in [-0.25, -0.2) is 0 Å². The first-order valence-corrected chi connectivity index (χ1v) is 5.38. The van der Waals surface area contributed by atoms with Crippen LogP contribution in [-0.2, 0) is 4.79 Å². The minimum atomic E-state index is -0.0101. The molecule has 14 heavy (non-hydrogen) atoms. The minimum Gasteiger partial charge on any atom is -0.342 e. The topological polar surface area (TPSA) is 44.1 Å². The van der Waals surface area contributed by atoms with Gasteiger partial charge in [0, 0.05) is 13.1 Å². The van der Waals surface area contributed by atoms with Gasteiger partial charge >= 0.3 is 0 Å². The fourth-order valence-corrected chi connectivity index (χ4v) is 1.60. The van der Waals surface area contributed by atoms with Gasteiger partial charge in [-0.3, -0.25) is 4.79 Å². The summed E-state index contributed by atoms with van der Waals surface area (Å²) in [6.07, 6.45) is 2.32. The van der Waals surface area contributed by atoms with Crippen molar-refractivity contribution < 1.29 is 4.79 Å². The lowest BCUT2D eigenvalue weighted by atomic mass is 10.0. The van der Waals surface area contributed by atoms with E-state index in [0.29, 0.717) is 5.92 Å². The number of amides is 1. The summed E-state index contributed by atoms with van der Waals surface area (Å²) in [5.41, 5.74) is 0. The van der Waals surface area contributed by atoms with Gasteiger partial charge in [-0.1, -0.05) is 20.8 Å². The molecule has 0 spiro atoms. The van der Waals surface area contributed by atoms with Crippen molar-refractivity contribution >= 4 is 5.91 Å². The molecule has 0 radical (unpaired) electrons. The first-order chi connectivity index (χ1) is 6.74. The van der Waals surface area contributed by atoms with Crippen molar-refractivity contribution in [3.8, 4) is 6.07 Å². The standard InChI is InChI=1S/C9H14N2O.C2H6/c1-8-3-2-6-11(7-8)9(12)4-5-10;1-2/h8H,2-4,6-7H2,1H3;1-2H3. The Hall–Kier alpha value is -1.04. The molecule has 1 aliphatic rings. The van der Waals surface area contributed by atoms with Gasteiger partial charge in [0.1, 0.15) is 6.42 Å². The van der Waals surface area contributed by atoms with Crippen molar-refractivity contribution in [1.29, 1.82) is 5.26 Å². The lowest BCUT2D eigenvalue weighted by molar-refractivity contribution is -0.131. The first-order valence-electron chi connectivity index (χ1n) is 5.38. The summed E-state index contributed by atoms with van der Waals surface area (Å²) in [6, 6.07) is 1.89. The van der Waals surface area contributed by atoms with Crippen molar-refractivity contribution in [2.24, 2.45) is 5.92 Å². The van der Waals surface area contributed by atoms with Gasteiger partial charge in [-0.05, 0) is 18.8 Å². The van der Waals surface area contributed by atoms with Crippen molar-refractivity contribution in [3.63, 3.8) is 0 Å². The van der Waals surface area contributed by atoms with Crippen LogP contribution in [0.25, 0.3) is 0 Å². The highest BCUT2D eigenvalue weighted by atomic mass is 16.2. The molecule has 0 aliphatic carbocycles. The lowest BCUT2D eigenvalue weighted by Gasteiger charge is -2.30. The molecule has 1 heterocycles. The molecule has 0 bridgehead atoms. The third-order valence-electron chi connectivity index (χ3n) is 2.24. The molecule has 0 aromatic rings. The minimum absolute atomic E-state index is 0.0101. The van der Waals surface area contributed by atoms with Gasteiger partial charge in [-0.15, -0.1) is 0 Å². The van der Waals surface area contributed by atoms with E-state index in [1.54, 1.807) is 4.90 Å². The predicted octanol–water partition coefficient (Wildman–Crippen LogP) is 2.18. The van der Waals surface area contributed by atoms with E-state index < -0.39 is 0 Å². The SMILES string of the molecule is CC.CC1CCCN(C(=O)CC#N)C1. The Kier molecular flexibility index (Phi) is 6.82. The molecule has 0 aromatic heterocycles. The third-order valence-corrected chi connectivity index (χ3v) is 2.24. The van der Waals surface area contributed by atoms with E-state index in [1.807, 2.05) is 19.9 Å². The van der Waals surface area contributed by atoms with E-state index in [-0.39, 0.29) is 12.3 Å². The van der Waals surface area contributed by atoms with Crippen LogP contribution in [0.5, 0.6) is 0 Å². The number of hydrogen-bond acceptors (Lipinski definition) is 2. The molecule has 1 unspecified atom stereocenters. The van der Waals surface area contributed by atoms with E-state index >= 15 is 0 Å². The average molecular weight is 196 g/mol. The second kappa shape index (κ2) is 7.37. The second-order valence-electron chi connectivity index (χ2n) is 3.42. The van der Waals surface area contributed by atoms with Crippen LogP contribution < -0.4 is 0 Å². The summed E-state index contributed by atoms with van der Waals surface area (Å²) in [4.78, 5) is 13.1. The number of hydrogen-bond donors (Lipinski definition) is 0. The maximum Gasteiger partial charge on any atom is 0.236 e. The molecule has 1 aliphatic heterocycles. The van der Waals surface area contributed by atoms with Crippen LogP contribution in [0, 0.1) is 17.2 Å². The number of rotatable bonds is 1. The average Bonchev–Trinajstić information content (AvgIpc) is 2.21. The normalized spacial score (nSPS) is 20.4. The summed E-state index contributed by atoms with van der Waals surface area (Å²) in [6.45, 7) is 7.82. The van der Waals surface area contributed by atoms with Crippen molar-refractivity contribution in [2.75, 3.05) is 13.1 Å². The molecule has 3 heteroatoms. The summed E-state index contributed by atoms with van der Waals surface area (Å²) >= 11 is 0. The zero-order chi connectivity index (χ0) is 11.0. The highest BCUT2D eigenvalue weighted by Crippen LogP contribution is 2.15. The van der Waals surface area contributed by atoms with Gasteiger partial charge in [0.2, 0.25) is 5.91 Å². The summed E-state index contributed by atoms with van der Waals surface area (Å²) < 4.78 is 0. The van der Waals surface area contributed by atoms with Crippen LogP contribution >= 0.6 is 0 Å². The molecule has 1 amide bonds. The van der Waals surface area contributed by atoms with Crippen LogP contribution in [-0.4, -0.2) is 23.9 Å². The van der Waals surface area contributed by atoms with Crippen LogP contribution in [0.1, 0.15) is 40.0 Å². The van der Waals surface area contributed by atoms with E-state index in [9.17, 15) is 4.79 Å². The van der Waals surface area contributed by atoms with Crippen molar-refractivity contribution in [3.05, 3.63) is 0 Å². The number of piperidine rings is 1. The smallest absolute Gasteiger partial charge is 0.236 e. The number of carbonyl (C=O) groups is 1. The molecule has 0 aromatic carbocycles. The quantitative estimate of drug-likeness (QED) is 0.645. The predicted molar refractivity (Wildman–Crippen MR) is 56.6 cm³/mol. The molecule has 1 saturated heterocycles. The monoisotopic (exact) mass is 196 g/mol. The zero-order valence-corrected chi connectivity index (χ0v) is 9.42. The maximum atomic E-state index is 11.2. The van der Waals surface area contributed by atoms with E-state index in [2.05, 4.69) is 6.92 Å². The molecular formula is C11H20N2O. The molecule has 1 atom stereocenters. The first kappa shape index (κ1) is 13.0. The van der Waals surface area contributed by atoms with Crippen LogP contribution in [0.2, 0.25) is 0 Å². The molecule has 0 N–H and O–H groups in total. The summed E-state index contributed by atoms with van der Waals surface area (Å²) in [5.74, 6) is 0.588. The number of carbonyl (C=O) groups excluding carboxylic acids is 1. The molecule has 0 saturated carbocycles. The van der Waals surface area contributed by atoms with Crippen molar-refractivity contribution in [2.45, 2.75) is 40.0 Å². The van der Waals surface area contributed by atoms with Crippen LogP contribution in [0.3, 0.4) is 0 Å². The highest BCUT2D eigenvalue weighted by molar-refractivity contribution is 5.78.